The third-order valence-corrected chi connectivity index (χ3v) is 5.98. The van der Waals surface area contributed by atoms with E-state index in [1.165, 1.54) is 32.1 Å². The normalized spacial score (nSPS) is 38.1. The Morgan fingerprint density at radius 1 is 1.15 bits per heavy atom. The maximum Gasteiger partial charge on any atom is 0.273 e. The fraction of sp³-hybridized carbons (Fsp3) is 0.688. The number of nitrogens with one attached hydrogen (secondary N) is 1. The maximum atomic E-state index is 11.7. The van der Waals surface area contributed by atoms with Crippen LogP contribution in [0.3, 0.4) is 0 Å². The molecule has 0 aliphatic heterocycles. The van der Waals surface area contributed by atoms with Gasteiger partial charge in [0.15, 0.2) is 0 Å². The molecule has 4 saturated carbocycles. The molecule has 0 radical (unpaired) electrons. The van der Waals surface area contributed by atoms with E-state index in [1.807, 2.05) is 6.07 Å². The minimum absolute atomic E-state index is 0.168. The lowest BCUT2D eigenvalue weighted by Crippen LogP contribution is -2.55. The van der Waals surface area contributed by atoms with Crippen LogP contribution in [0.1, 0.15) is 32.1 Å². The topological polar surface area (TPSA) is 62.1 Å². The number of H-pyrrole nitrogens is 1. The predicted molar refractivity (Wildman–Crippen MR) is 80.7 cm³/mol. The summed E-state index contributed by atoms with van der Waals surface area (Å²) in [7, 11) is 2.12. The summed E-state index contributed by atoms with van der Waals surface area (Å²) in [5.74, 6) is 3.54. The molecule has 4 aliphatic rings. The molecule has 0 aromatic carbocycles. The molecule has 20 heavy (non-hydrogen) atoms. The van der Waals surface area contributed by atoms with Crippen molar-refractivity contribution in [3.05, 3.63) is 22.6 Å². The summed E-state index contributed by atoms with van der Waals surface area (Å²) in [5.41, 5.74) is 7.10. The highest BCUT2D eigenvalue weighted by Crippen LogP contribution is 2.55. The van der Waals surface area contributed by atoms with Gasteiger partial charge in [0.25, 0.3) is 5.56 Å². The first-order valence-electron chi connectivity index (χ1n) is 7.83. The number of pyridine rings is 1. The van der Waals surface area contributed by atoms with Gasteiger partial charge in [0, 0.05) is 19.3 Å². The van der Waals surface area contributed by atoms with Crippen molar-refractivity contribution in [3.63, 3.8) is 0 Å². The summed E-state index contributed by atoms with van der Waals surface area (Å²) in [6, 6.07) is 2.52. The molecule has 4 fully saturated rings. The summed E-state index contributed by atoms with van der Waals surface area (Å²) in [6.45, 7) is 0. The molecule has 1 heterocycles. The Labute approximate surface area is 119 Å². The van der Waals surface area contributed by atoms with Crippen LogP contribution in [0, 0.1) is 23.7 Å². The van der Waals surface area contributed by atoms with E-state index < -0.39 is 0 Å². The van der Waals surface area contributed by atoms with E-state index in [0.717, 1.165) is 29.4 Å². The summed E-state index contributed by atoms with van der Waals surface area (Å²) in [6.07, 6.45) is 8.70. The van der Waals surface area contributed by atoms with Gasteiger partial charge >= 0.3 is 0 Å². The second kappa shape index (κ2) is 4.27. The van der Waals surface area contributed by atoms with E-state index in [1.54, 1.807) is 6.20 Å². The van der Waals surface area contributed by atoms with Crippen molar-refractivity contribution in [2.75, 3.05) is 17.7 Å². The van der Waals surface area contributed by atoms with E-state index in [4.69, 9.17) is 5.73 Å². The first kappa shape index (κ1) is 12.3. The third kappa shape index (κ3) is 1.70. The molecule has 1 aromatic heterocycles. The lowest BCUT2D eigenvalue weighted by molar-refractivity contribution is -0.00119. The van der Waals surface area contributed by atoms with Crippen molar-refractivity contribution >= 4 is 11.4 Å². The lowest BCUT2D eigenvalue weighted by atomic mass is 9.54. The number of nitrogen functional groups attached to an aromatic ring is 1. The van der Waals surface area contributed by atoms with Crippen LogP contribution < -0.4 is 16.2 Å². The Morgan fingerprint density at radius 3 is 2.35 bits per heavy atom. The quantitative estimate of drug-likeness (QED) is 0.868. The maximum absolute atomic E-state index is 11.7. The Hall–Kier alpha value is -1.45. The molecule has 0 unspecified atom stereocenters. The zero-order valence-electron chi connectivity index (χ0n) is 12.0. The number of hydrogen-bond acceptors (Lipinski definition) is 3. The Morgan fingerprint density at radius 2 is 1.75 bits per heavy atom. The number of aromatic amines is 1. The van der Waals surface area contributed by atoms with E-state index in [-0.39, 0.29) is 5.56 Å². The minimum atomic E-state index is -0.168. The van der Waals surface area contributed by atoms with Gasteiger partial charge in [0.05, 0.1) is 5.69 Å². The van der Waals surface area contributed by atoms with Crippen LogP contribution in [0.4, 0.5) is 11.4 Å². The molecule has 0 saturated heterocycles. The SMILES string of the molecule is CN(c1cc[nH]c(=O)c1N)C1C2CC3CC(C2)CC1C3. The first-order chi connectivity index (χ1) is 9.63. The average molecular weight is 273 g/mol. The average Bonchev–Trinajstić information content (AvgIpc) is 2.40. The molecule has 4 aliphatic carbocycles. The summed E-state index contributed by atoms with van der Waals surface area (Å²) in [5, 5.41) is 0. The van der Waals surface area contributed by atoms with Gasteiger partial charge in [-0.2, -0.15) is 0 Å². The third-order valence-electron chi connectivity index (χ3n) is 5.98. The first-order valence-corrected chi connectivity index (χ1v) is 7.83. The molecule has 4 heteroatoms. The van der Waals surface area contributed by atoms with Gasteiger partial charge < -0.3 is 15.6 Å². The Bertz CT molecular complexity index is 551. The smallest absolute Gasteiger partial charge is 0.273 e. The van der Waals surface area contributed by atoms with Crippen LogP contribution in [-0.2, 0) is 0 Å². The van der Waals surface area contributed by atoms with Gasteiger partial charge in [0.2, 0.25) is 0 Å². The van der Waals surface area contributed by atoms with Crippen LogP contribution in [0.25, 0.3) is 0 Å². The van der Waals surface area contributed by atoms with Crippen molar-refractivity contribution < 1.29 is 0 Å². The molecule has 108 valence electrons. The highest BCUT2D eigenvalue weighted by atomic mass is 16.1. The molecule has 3 N–H and O–H groups in total. The number of aromatic nitrogens is 1. The largest absolute Gasteiger partial charge is 0.393 e. The molecule has 1 aromatic rings. The van der Waals surface area contributed by atoms with Crippen LogP contribution >= 0.6 is 0 Å². The molecule has 4 bridgehead atoms. The second-order valence-corrected chi connectivity index (χ2v) is 7.14. The Balaban J connectivity index is 1.67. The number of nitrogens with two attached hydrogens (primary N) is 1. The van der Waals surface area contributed by atoms with E-state index in [0.29, 0.717) is 11.7 Å². The number of nitrogens with zero attached hydrogens (tertiary/aromatic N) is 1. The van der Waals surface area contributed by atoms with Crippen LogP contribution in [0.15, 0.2) is 17.1 Å². The van der Waals surface area contributed by atoms with Gasteiger partial charge in [-0.05, 0) is 61.8 Å². The fourth-order valence-corrected chi connectivity index (χ4v) is 5.48. The van der Waals surface area contributed by atoms with Crippen molar-refractivity contribution in [1.82, 2.24) is 4.98 Å². The highest BCUT2D eigenvalue weighted by molar-refractivity contribution is 5.66. The van der Waals surface area contributed by atoms with Crippen molar-refractivity contribution in [3.8, 4) is 0 Å². The highest BCUT2D eigenvalue weighted by Gasteiger charge is 2.49. The van der Waals surface area contributed by atoms with Gasteiger partial charge in [-0.15, -0.1) is 0 Å². The minimum Gasteiger partial charge on any atom is -0.393 e. The Kier molecular flexibility index (Phi) is 2.63. The summed E-state index contributed by atoms with van der Waals surface area (Å²) < 4.78 is 0. The molecule has 5 rings (SSSR count). The van der Waals surface area contributed by atoms with Gasteiger partial charge in [0.1, 0.15) is 5.69 Å². The second-order valence-electron chi connectivity index (χ2n) is 7.14. The lowest BCUT2D eigenvalue weighted by Gasteiger charge is -2.57. The van der Waals surface area contributed by atoms with Gasteiger partial charge in [-0.1, -0.05) is 0 Å². The monoisotopic (exact) mass is 273 g/mol. The number of rotatable bonds is 2. The summed E-state index contributed by atoms with van der Waals surface area (Å²) >= 11 is 0. The van der Waals surface area contributed by atoms with Crippen molar-refractivity contribution in [1.29, 1.82) is 0 Å². The van der Waals surface area contributed by atoms with E-state index >= 15 is 0 Å². The zero-order chi connectivity index (χ0) is 13.9. The predicted octanol–water partition coefficient (Wildman–Crippen LogP) is 2.22. The molecular weight excluding hydrogens is 250 g/mol. The molecule has 0 spiro atoms. The van der Waals surface area contributed by atoms with E-state index in [2.05, 4.69) is 16.9 Å². The standard InChI is InChI=1S/C16H23N3O/c1-19(13-2-3-18-16(20)14(13)17)15-11-5-9-4-10(7-11)8-12(15)6-9/h2-3,9-12,15H,4-8,17H2,1H3,(H,18,20). The van der Waals surface area contributed by atoms with Crippen LogP contribution in [-0.4, -0.2) is 18.1 Å². The number of anilines is 2. The molecule has 0 amide bonds. The molecule has 4 nitrogen and oxygen atoms in total. The zero-order valence-corrected chi connectivity index (χ0v) is 12.0. The molecular formula is C16H23N3O. The fourth-order valence-electron chi connectivity index (χ4n) is 5.48. The van der Waals surface area contributed by atoms with Gasteiger partial charge in [-0.3, -0.25) is 4.79 Å². The van der Waals surface area contributed by atoms with E-state index in [9.17, 15) is 4.79 Å². The van der Waals surface area contributed by atoms with Gasteiger partial charge in [-0.25, -0.2) is 0 Å². The van der Waals surface area contributed by atoms with Crippen molar-refractivity contribution in [2.45, 2.75) is 38.1 Å². The molecule has 0 atom stereocenters. The van der Waals surface area contributed by atoms with Crippen molar-refractivity contribution in [2.24, 2.45) is 23.7 Å². The number of hydrogen-bond donors (Lipinski definition) is 2. The van der Waals surface area contributed by atoms with Crippen LogP contribution in [0.5, 0.6) is 0 Å². The van der Waals surface area contributed by atoms with Crippen LogP contribution in [0.2, 0.25) is 0 Å². The summed E-state index contributed by atoms with van der Waals surface area (Å²) in [4.78, 5) is 16.7.